The van der Waals surface area contributed by atoms with Gasteiger partial charge >= 0.3 is 0 Å². The number of rotatable bonds is 5. The highest BCUT2D eigenvalue weighted by Gasteiger charge is 2.24. The Morgan fingerprint density at radius 3 is 2.33 bits per heavy atom. The van der Waals surface area contributed by atoms with Crippen molar-refractivity contribution in [1.82, 2.24) is 10.6 Å². The van der Waals surface area contributed by atoms with Gasteiger partial charge < -0.3 is 10.6 Å². The fourth-order valence-corrected chi connectivity index (χ4v) is 4.07. The second-order valence-electron chi connectivity index (χ2n) is 7.40. The van der Waals surface area contributed by atoms with Crippen LogP contribution in [0.5, 0.6) is 0 Å². The molecule has 1 heterocycles. The molecular formula is C18H34N2O. The van der Waals surface area contributed by atoms with Crippen molar-refractivity contribution in [3.05, 3.63) is 0 Å². The lowest BCUT2D eigenvalue weighted by Gasteiger charge is -2.29. The zero-order valence-electron chi connectivity index (χ0n) is 14.0. The first-order valence-corrected chi connectivity index (χ1v) is 9.17. The fraction of sp³-hybridized carbons (Fsp3) is 0.944. The van der Waals surface area contributed by atoms with E-state index in [-0.39, 0.29) is 5.91 Å². The normalized spacial score (nSPS) is 27.6. The maximum absolute atomic E-state index is 12.3. The molecule has 1 aliphatic carbocycles. The quantitative estimate of drug-likeness (QED) is 0.762. The molecule has 122 valence electrons. The number of amides is 1. The molecule has 3 atom stereocenters. The molecule has 1 aliphatic heterocycles. The molecule has 2 aliphatic rings. The number of hydrogen-bond donors (Lipinski definition) is 2. The van der Waals surface area contributed by atoms with E-state index in [9.17, 15) is 4.79 Å². The summed E-state index contributed by atoms with van der Waals surface area (Å²) in [4.78, 5) is 12.3. The number of carbonyl (C=O) groups excluding carboxylic acids is 1. The van der Waals surface area contributed by atoms with E-state index in [0.29, 0.717) is 30.2 Å². The molecule has 0 aromatic carbocycles. The molecule has 0 aromatic rings. The molecule has 2 unspecified atom stereocenters. The van der Waals surface area contributed by atoms with Crippen LogP contribution >= 0.6 is 0 Å². The van der Waals surface area contributed by atoms with Crippen molar-refractivity contribution >= 4 is 5.91 Å². The van der Waals surface area contributed by atoms with Crippen molar-refractivity contribution < 1.29 is 4.79 Å². The molecule has 0 spiro atoms. The van der Waals surface area contributed by atoms with Crippen molar-refractivity contribution in [1.29, 1.82) is 0 Å². The summed E-state index contributed by atoms with van der Waals surface area (Å²) in [5, 5.41) is 6.74. The van der Waals surface area contributed by atoms with Gasteiger partial charge in [-0.2, -0.15) is 0 Å². The molecule has 0 aromatic heterocycles. The minimum Gasteiger partial charge on any atom is -0.353 e. The predicted octanol–water partition coefficient (Wildman–Crippen LogP) is 3.49. The van der Waals surface area contributed by atoms with Gasteiger partial charge in [0.05, 0.1) is 0 Å². The molecule has 1 saturated heterocycles. The highest BCUT2D eigenvalue weighted by Crippen LogP contribution is 2.26. The van der Waals surface area contributed by atoms with E-state index in [1.807, 2.05) is 0 Å². The Balaban J connectivity index is 1.72. The van der Waals surface area contributed by atoms with Crippen LogP contribution in [0.25, 0.3) is 0 Å². The van der Waals surface area contributed by atoms with Gasteiger partial charge in [0.25, 0.3) is 0 Å². The van der Waals surface area contributed by atoms with Gasteiger partial charge in [-0.15, -0.1) is 0 Å². The molecule has 1 amide bonds. The molecule has 2 N–H and O–H groups in total. The van der Waals surface area contributed by atoms with Gasteiger partial charge in [-0.3, -0.25) is 4.79 Å². The van der Waals surface area contributed by atoms with E-state index in [1.54, 1.807) is 0 Å². The van der Waals surface area contributed by atoms with Crippen molar-refractivity contribution in [2.45, 2.75) is 77.7 Å². The first-order chi connectivity index (χ1) is 10.2. The minimum absolute atomic E-state index is 0.268. The summed E-state index contributed by atoms with van der Waals surface area (Å²) in [6.07, 6.45) is 11.3. The number of carbonyl (C=O) groups is 1. The van der Waals surface area contributed by atoms with Crippen LogP contribution < -0.4 is 10.6 Å². The van der Waals surface area contributed by atoms with Gasteiger partial charge in [0.15, 0.2) is 0 Å². The second kappa shape index (κ2) is 8.77. The van der Waals surface area contributed by atoms with Gasteiger partial charge in [0.2, 0.25) is 5.91 Å². The zero-order valence-corrected chi connectivity index (χ0v) is 14.0. The standard InChI is InChI=1S/C18H34N2O/c1-14(17-10-7-11-19-13-17)12-18(21)20-15(2)16-8-5-3-4-6-9-16/h14-17,19H,3-13H2,1-2H3,(H,20,21)/t14?,15-,17?/m1/s1. The number of hydrogen-bond acceptors (Lipinski definition) is 2. The van der Waals surface area contributed by atoms with Crippen molar-refractivity contribution in [2.75, 3.05) is 13.1 Å². The molecule has 0 bridgehead atoms. The van der Waals surface area contributed by atoms with Crippen LogP contribution in [0.1, 0.15) is 71.6 Å². The minimum atomic E-state index is 0.268. The lowest BCUT2D eigenvalue weighted by Crippen LogP contribution is -2.40. The topological polar surface area (TPSA) is 41.1 Å². The summed E-state index contributed by atoms with van der Waals surface area (Å²) in [5.74, 6) is 2.14. The Morgan fingerprint density at radius 2 is 1.71 bits per heavy atom. The van der Waals surface area contributed by atoms with Crippen LogP contribution in [-0.4, -0.2) is 25.0 Å². The van der Waals surface area contributed by atoms with E-state index in [0.717, 1.165) is 13.1 Å². The highest BCUT2D eigenvalue weighted by atomic mass is 16.1. The third kappa shape index (κ3) is 5.61. The van der Waals surface area contributed by atoms with E-state index in [4.69, 9.17) is 0 Å². The van der Waals surface area contributed by atoms with E-state index >= 15 is 0 Å². The first-order valence-electron chi connectivity index (χ1n) is 9.17. The lowest BCUT2D eigenvalue weighted by atomic mass is 9.85. The van der Waals surface area contributed by atoms with E-state index in [1.165, 1.54) is 51.4 Å². The fourth-order valence-electron chi connectivity index (χ4n) is 4.07. The number of piperidine rings is 1. The Labute approximate surface area is 130 Å². The zero-order chi connectivity index (χ0) is 15.1. The lowest BCUT2D eigenvalue weighted by molar-refractivity contribution is -0.123. The SMILES string of the molecule is CC(CC(=O)N[C@H](C)C1CCCCCC1)C1CCCNC1. The van der Waals surface area contributed by atoms with Crippen LogP contribution in [0, 0.1) is 17.8 Å². The Hall–Kier alpha value is -0.570. The van der Waals surface area contributed by atoms with Gasteiger partial charge in [-0.05, 0) is 63.5 Å². The largest absolute Gasteiger partial charge is 0.353 e. The van der Waals surface area contributed by atoms with Gasteiger partial charge in [0, 0.05) is 12.5 Å². The smallest absolute Gasteiger partial charge is 0.220 e. The summed E-state index contributed by atoms with van der Waals surface area (Å²) in [6, 6.07) is 0.354. The Kier molecular flexibility index (Phi) is 7.01. The molecule has 2 fully saturated rings. The predicted molar refractivity (Wildman–Crippen MR) is 88.2 cm³/mol. The summed E-state index contributed by atoms with van der Waals surface area (Å²) in [6.45, 7) is 6.69. The maximum Gasteiger partial charge on any atom is 0.220 e. The molecule has 21 heavy (non-hydrogen) atoms. The van der Waals surface area contributed by atoms with Crippen molar-refractivity contribution in [2.24, 2.45) is 17.8 Å². The van der Waals surface area contributed by atoms with Gasteiger partial charge in [-0.1, -0.05) is 32.6 Å². The van der Waals surface area contributed by atoms with Crippen molar-refractivity contribution in [3.63, 3.8) is 0 Å². The summed E-state index contributed by atoms with van der Waals surface area (Å²) in [7, 11) is 0. The van der Waals surface area contributed by atoms with Crippen LogP contribution in [0.4, 0.5) is 0 Å². The monoisotopic (exact) mass is 294 g/mol. The van der Waals surface area contributed by atoms with Crippen LogP contribution in [0.15, 0.2) is 0 Å². The summed E-state index contributed by atoms with van der Waals surface area (Å²) >= 11 is 0. The number of nitrogens with one attached hydrogen (secondary N) is 2. The third-order valence-electron chi connectivity index (χ3n) is 5.64. The molecule has 3 heteroatoms. The van der Waals surface area contributed by atoms with Gasteiger partial charge in [-0.25, -0.2) is 0 Å². The second-order valence-corrected chi connectivity index (χ2v) is 7.40. The molecule has 3 nitrogen and oxygen atoms in total. The Morgan fingerprint density at radius 1 is 1.05 bits per heavy atom. The average Bonchev–Trinajstić information content (AvgIpc) is 2.77. The summed E-state index contributed by atoms with van der Waals surface area (Å²) in [5.41, 5.74) is 0. The van der Waals surface area contributed by atoms with Crippen LogP contribution in [0.3, 0.4) is 0 Å². The molecule has 1 saturated carbocycles. The van der Waals surface area contributed by atoms with Gasteiger partial charge in [0.1, 0.15) is 0 Å². The molecular weight excluding hydrogens is 260 g/mol. The molecule has 2 rings (SSSR count). The summed E-state index contributed by atoms with van der Waals surface area (Å²) < 4.78 is 0. The highest BCUT2D eigenvalue weighted by molar-refractivity contribution is 5.76. The average molecular weight is 294 g/mol. The maximum atomic E-state index is 12.3. The van der Waals surface area contributed by atoms with E-state index < -0.39 is 0 Å². The molecule has 0 radical (unpaired) electrons. The van der Waals surface area contributed by atoms with Crippen molar-refractivity contribution in [3.8, 4) is 0 Å². The van der Waals surface area contributed by atoms with Crippen LogP contribution in [0.2, 0.25) is 0 Å². The van der Waals surface area contributed by atoms with Crippen LogP contribution in [-0.2, 0) is 4.79 Å². The van der Waals surface area contributed by atoms with E-state index in [2.05, 4.69) is 24.5 Å². The Bertz CT molecular complexity index is 304. The first kappa shape index (κ1) is 16.8. The third-order valence-corrected chi connectivity index (χ3v) is 5.64.